The second kappa shape index (κ2) is 16.0. The molecule has 0 aliphatic carbocycles. The minimum atomic E-state index is -4.40. The molecule has 0 saturated carbocycles. The Labute approximate surface area is 318 Å². The van der Waals surface area contributed by atoms with Crippen LogP contribution in [0.1, 0.15) is 77.0 Å². The average molecular weight is 777 g/mol. The van der Waals surface area contributed by atoms with Crippen LogP contribution in [0.2, 0.25) is 0 Å². The quantitative estimate of drug-likeness (QED) is 0.0551. The van der Waals surface area contributed by atoms with Crippen molar-refractivity contribution in [2.45, 2.75) is 87.3 Å². The van der Waals surface area contributed by atoms with Crippen LogP contribution < -0.4 is 10.2 Å². The first-order valence-electron chi connectivity index (χ1n) is 18.1. The summed E-state index contributed by atoms with van der Waals surface area (Å²) in [6.07, 6.45) is 13.2. The van der Waals surface area contributed by atoms with Gasteiger partial charge in [-0.15, -0.1) is 0 Å². The Bertz CT molecular complexity index is 2250. The number of phenols is 1. The van der Waals surface area contributed by atoms with Crippen molar-refractivity contribution < 1.29 is 40.4 Å². The zero-order valence-electron chi connectivity index (χ0n) is 31.4. The van der Waals surface area contributed by atoms with Crippen molar-refractivity contribution in [1.29, 1.82) is 0 Å². The Hall–Kier alpha value is -4.56. The molecule has 13 heteroatoms. The van der Waals surface area contributed by atoms with E-state index in [9.17, 15) is 35.8 Å². The molecule has 2 heterocycles. The number of rotatable bonds is 15. The lowest BCUT2D eigenvalue weighted by molar-refractivity contribution is -0.438. The van der Waals surface area contributed by atoms with Crippen molar-refractivity contribution in [3.8, 4) is 5.75 Å². The van der Waals surface area contributed by atoms with Crippen LogP contribution >= 0.6 is 0 Å². The third-order valence-electron chi connectivity index (χ3n) is 10.3. The summed E-state index contributed by atoms with van der Waals surface area (Å²) in [5, 5.41) is 12.4. The van der Waals surface area contributed by atoms with Gasteiger partial charge in [-0.25, -0.2) is 0 Å². The zero-order valence-corrected chi connectivity index (χ0v) is 33.0. The summed E-state index contributed by atoms with van der Waals surface area (Å²) in [6.45, 7) is 11.9. The van der Waals surface area contributed by atoms with Crippen molar-refractivity contribution in [2.24, 2.45) is 0 Å². The number of allylic oxidation sites excluding steroid dienone is 6. The molecule has 0 spiro atoms. The number of benzene rings is 3. The molecule has 0 bridgehead atoms. The molecule has 288 valence electrons. The minimum absolute atomic E-state index is 0.00843. The van der Waals surface area contributed by atoms with Gasteiger partial charge in [0.15, 0.2) is 5.71 Å². The SMILES string of the molecule is CCN1C(=CC=CC=CC2=[N+](CCCCCC(=O)NCCc3ccc(O)cc3)c3ccc(S(=O)(=O)O)cc3C2(C)C)C(C)(C)c2cc(S(=O)(=O)O)ccc21. The number of nitrogens with zero attached hydrogens (tertiary/aromatic N) is 2. The second-order valence-electron chi connectivity index (χ2n) is 14.7. The molecule has 3 aromatic carbocycles. The lowest BCUT2D eigenvalue weighted by Gasteiger charge is -2.25. The van der Waals surface area contributed by atoms with Crippen molar-refractivity contribution >= 4 is 43.2 Å². The molecule has 3 aromatic rings. The molecule has 2 aliphatic rings. The monoisotopic (exact) mass is 776 g/mol. The van der Waals surface area contributed by atoms with Crippen molar-refractivity contribution in [3.05, 3.63) is 113 Å². The molecule has 11 nitrogen and oxygen atoms in total. The number of amides is 1. The number of phenolic OH excluding ortho intramolecular Hbond substituents is 1. The molecule has 4 N–H and O–H groups in total. The standard InChI is InChI=1S/C41H49N3O8S2/c1-6-43-35-22-20-31(53(47,48)49)27-33(35)40(2,3)37(43)13-9-7-10-14-38-41(4,5)34-28-32(54(50,51)52)21-23-36(34)44(38)26-12-8-11-15-39(46)42-25-24-29-16-18-30(45)19-17-29/h7,9-10,13-14,16-23,27-28H,6,8,11-12,15,24-26H2,1-5H3,(H3-,42,45,46,47,48,49,50,51,52)/p+1. The van der Waals surface area contributed by atoms with Crippen LogP contribution in [0.4, 0.5) is 11.4 Å². The van der Waals surface area contributed by atoms with E-state index in [1.54, 1.807) is 24.3 Å². The van der Waals surface area contributed by atoms with Crippen LogP contribution in [0.25, 0.3) is 0 Å². The van der Waals surface area contributed by atoms with E-state index in [1.807, 2.05) is 77.1 Å². The van der Waals surface area contributed by atoms with E-state index in [2.05, 4.69) is 14.8 Å². The molecule has 2 aliphatic heterocycles. The third-order valence-corrected chi connectivity index (χ3v) is 12.0. The number of hydrogen-bond donors (Lipinski definition) is 4. The summed E-state index contributed by atoms with van der Waals surface area (Å²) in [5.74, 6) is 0.201. The number of likely N-dealkylation sites (N-methyl/N-ethyl adjacent to an activating group) is 1. The predicted molar refractivity (Wildman–Crippen MR) is 211 cm³/mol. The Balaban J connectivity index is 1.30. The smallest absolute Gasteiger partial charge is 0.294 e. The van der Waals surface area contributed by atoms with E-state index in [0.29, 0.717) is 38.9 Å². The lowest BCUT2D eigenvalue weighted by atomic mass is 9.81. The number of carbonyl (C=O) groups is 1. The Kier molecular flexibility index (Phi) is 12.1. The molecule has 0 atom stereocenters. The first kappa shape index (κ1) is 40.6. The highest BCUT2D eigenvalue weighted by molar-refractivity contribution is 7.86. The third kappa shape index (κ3) is 8.86. The minimum Gasteiger partial charge on any atom is -0.508 e. The van der Waals surface area contributed by atoms with Crippen LogP contribution in [0.3, 0.4) is 0 Å². The first-order chi connectivity index (χ1) is 25.4. The number of unbranched alkanes of at least 4 members (excludes halogenated alkanes) is 2. The molecule has 1 amide bonds. The van der Waals surface area contributed by atoms with Crippen LogP contribution in [0.15, 0.2) is 107 Å². The second-order valence-corrected chi connectivity index (χ2v) is 17.6. The molecule has 54 heavy (non-hydrogen) atoms. The fourth-order valence-corrected chi connectivity index (χ4v) is 8.41. The topological polar surface area (TPSA) is 164 Å². The largest absolute Gasteiger partial charge is 0.508 e. The molecule has 0 saturated heterocycles. The molecule has 0 radical (unpaired) electrons. The number of fused-ring (bicyclic) bond motifs is 2. The fourth-order valence-electron chi connectivity index (χ4n) is 7.40. The van der Waals surface area contributed by atoms with E-state index in [0.717, 1.165) is 52.3 Å². The van der Waals surface area contributed by atoms with Gasteiger partial charge in [0.1, 0.15) is 12.3 Å². The normalized spacial score (nSPS) is 17.2. The van der Waals surface area contributed by atoms with Gasteiger partial charge in [0.25, 0.3) is 20.2 Å². The Morgan fingerprint density at radius 2 is 1.46 bits per heavy atom. The summed E-state index contributed by atoms with van der Waals surface area (Å²) in [5.41, 5.74) is 5.18. The Morgan fingerprint density at radius 1 is 0.815 bits per heavy atom. The van der Waals surface area contributed by atoms with Gasteiger partial charge in [-0.3, -0.25) is 13.9 Å². The summed E-state index contributed by atoms with van der Waals surface area (Å²) in [6, 6.07) is 16.3. The number of anilines is 1. The molecular formula is C41H50N3O8S2+. The molecule has 0 unspecified atom stereocenters. The maximum Gasteiger partial charge on any atom is 0.294 e. The van der Waals surface area contributed by atoms with Crippen molar-refractivity contribution in [3.63, 3.8) is 0 Å². The van der Waals surface area contributed by atoms with E-state index >= 15 is 0 Å². The summed E-state index contributed by atoms with van der Waals surface area (Å²) < 4.78 is 69.5. The van der Waals surface area contributed by atoms with Crippen LogP contribution in [0.5, 0.6) is 5.75 Å². The number of carbonyl (C=O) groups excluding carboxylic acids is 1. The summed E-state index contributed by atoms with van der Waals surface area (Å²) in [4.78, 5) is 14.3. The van der Waals surface area contributed by atoms with E-state index in [-0.39, 0.29) is 21.4 Å². The lowest BCUT2D eigenvalue weighted by Crippen LogP contribution is -2.28. The molecule has 0 fully saturated rings. The first-order valence-corrected chi connectivity index (χ1v) is 21.0. The predicted octanol–water partition coefficient (Wildman–Crippen LogP) is 7.00. The maximum absolute atomic E-state index is 12.5. The van der Waals surface area contributed by atoms with Gasteiger partial charge in [-0.2, -0.15) is 21.4 Å². The van der Waals surface area contributed by atoms with Gasteiger partial charge < -0.3 is 15.3 Å². The fraction of sp³-hybridized carbons (Fsp3) is 0.366. The van der Waals surface area contributed by atoms with Crippen LogP contribution in [-0.4, -0.2) is 66.9 Å². The van der Waals surface area contributed by atoms with Crippen LogP contribution in [-0.2, 0) is 42.3 Å². The maximum atomic E-state index is 12.5. The molecule has 0 aromatic heterocycles. The van der Waals surface area contributed by atoms with Gasteiger partial charge in [0, 0.05) is 60.4 Å². The van der Waals surface area contributed by atoms with E-state index in [4.69, 9.17) is 0 Å². The zero-order chi connectivity index (χ0) is 39.5. The van der Waals surface area contributed by atoms with Crippen LogP contribution in [0, 0.1) is 0 Å². The highest BCUT2D eigenvalue weighted by atomic mass is 32.2. The van der Waals surface area contributed by atoms with Gasteiger partial charge >= 0.3 is 0 Å². The highest BCUT2D eigenvalue weighted by Gasteiger charge is 2.45. The average Bonchev–Trinajstić information content (AvgIpc) is 3.45. The van der Waals surface area contributed by atoms with Gasteiger partial charge in [-0.1, -0.05) is 44.2 Å². The van der Waals surface area contributed by atoms with Crippen molar-refractivity contribution in [1.82, 2.24) is 5.32 Å². The number of hydrogen-bond acceptors (Lipinski definition) is 7. The Morgan fingerprint density at radius 3 is 2.11 bits per heavy atom. The van der Waals surface area contributed by atoms with Gasteiger partial charge in [0.05, 0.1) is 15.2 Å². The van der Waals surface area contributed by atoms with E-state index in [1.165, 1.54) is 24.3 Å². The van der Waals surface area contributed by atoms with Gasteiger partial charge in [0.2, 0.25) is 11.6 Å². The summed E-state index contributed by atoms with van der Waals surface area (Å²) in [7, 11) is -8.75. The molecular weight excluding hydrogens is 727 g/mol. The van der Waals surface area contributed by atoms with Gasteiger partial charge in [-0.05, 0) is 99.7 Å². The molecule has 5 rings (SSSR count). The number of nitrogens with one attached hydrogen (secondary N) is 1. The van der Waals surface area contributed by atoms with E-state index < -0.39 is 31.1 Å². The number of aromatic hydroxyl groups is 1. The van der Waals surface area contributed by atoms with Crippen molar-refractivity contribution in [2.75, 3.05) is 24.5 Å². The summed E-state index contributed by atoms with van der Waals surface area (Å²) >= 11 is 0. The highest BCUT2D eigenvalue weighted by Crippen LogP contribution is 2.48.